The molecule has 0 bridgehead atoms. The standard InChI is InChI=1S/C28H34FN3O4/c1-36-24-10-11-25(33)20(16-24)18-31-14-12-21(13-15-31)28(17-19-6-8-22(29)9-7-19)26(34)32(27(35)30-28)23-4-2-3-5-23/h6-11,16,21,23,33H,2-5,12-15,17-18H2,1H3,(H,30,35). The minimum absolute atomic E-state index is 0.0382. The van der Waals surface area contributed by atoms with E-state index in [0.29, 0.717) is 18.7 Å². The molecule has 3 amide bonds. The molecule has 1 saturated carbocycles. The van der Waals surface area contributed by atoms with Crippen LogP contribution in [-0.4, -0.2) is 58.6 Å². The van der Waals surface area contributed by atoms with E-state index in [0.717, 1.165) is 62.7 Å². The second-order valence-electron chi connectivity index (χ2n) is 10.4. The van der Waals surface area contributed by atoms with E-state index in [1.165, 1.54) is 17.0 Å². The van der Waals surface area contributed by atoms with Gasteiger partial charge in [0.2, 0.25) is 0 Å². The quantitative estimate of drug-likeness (QED) is 0.562. The number of phenols is 1. The molecule has 7 nitrogen and oxygen atoms in total. The molecule has 2 aromatic rings. The van der Waals surface area contributed by atoms with Gasteiger partial charge in [0.1, 0.15) is 22.9 Å². The van der Waals surface area contributed by atoms with E-state index in [1.807, 2.05) is 6.07 Å². The highest BCUT2D eigenvalue weighted by atomic mass is 19.1. The predicted molar refractivity (Wildman–Crippen MR) is 133 cm³/mol. The van der Waals surface area contributed by atoms with Crippen LogP contribution in [0.5, 0.6) is 11.5 Å². The van der Waals surface area contributed by atoms with Crippen LogP contribution in [0.2, 0.25) is 0 Å². The molecular weight excluding hydrogens is 461 g/mol. The normalized spacial score (nSPS) is 23.9. The molecule has 1 aliphatic carbocycles. The second kappa shape index (κ2) is 10.1. The van der Waals surface area contributed by atoms with Crippen molar-refractivity contribution in [3.05, 3.63) is 59.4 Å². The molecule has 36 heavy (non-hydrogen) atoms. The average molecular weight is 496 g/mol. The molecule has 0 radical (unpaired) electrons. The highest BCUT2D eigenvalue weighted by Gasteiger charge is 2.57. The Morgan fingerprint density at radius 1 is 1.06 bits per heavy atom. The van der Waals surface area contributed by atoms with Crippen molar-refractivity contribution < 1.29 is 23.8 Å². The van der Waals surface area contributed by atoms with Gasteiger partial charge < -0.3 is 15.2 Å². The Morgan fingerprint density at radius 2 is 1.75 bits per heavy atom. The van der Waals surface area contributed by atoms with E-state index in [-0.39, 0.29) is 35.5 Å². The molecule has 2 N–H and O–H groups in total. The van der Waals surface area contributed by atoms with E-state index in [4.69, 9.17) is 4.74 Å². The van der Waals surface area contributed by atoms with Crippen LogP contribution in [0, 0.1) is 11.7 Å². The van der Waals surface area contributed by atoms with E-state index < -0.39 is 5.54 Å². The van der Waals surface area contributed by atoms with Crippen molar-refractivity contribution in [2.45, 2.75) is 63.1 Å². The number of halogens is 1. The lowest BCUT2D eigenvalue weighted by Crippen LogP contribution is -2.57. The summed E-state index contributed by atoms with van der Waals surface area (Å²) in [6, 6.07) is 11.1. The fraction of sp³-hybridized carbons (Fsp3) is 0.500. The number of carbonyl (C=O) groups is 2. The zero-order valence-corrected chi connectivity index (χ0v) is 20.7. The lowest BCUT2D eigenvalue weighted by molar-refractivity contribution is -0.135. The van der Waals surface area contributed by atoms with Gasteiger partial charge in [0.25, 0.3) is 5.91 Å². The maximum Gasteiger partial charge on any atom is 0.325 e. The number of benzene rings is 2. The van der Waals surface area contributed by atoms with Crippen molar-refractivity contribution in [1.29, 1.82) is 0 Å². The molecule has 2 aliphatic heterocycles. The minimum atomic E-state index is -1.03. The predicted octanol–water partition coefficient (Wildman–Crippen LogP) is 4.23. The topological polar surface area (TPSA) is 82.1 Å². The van der Waals surface area contributed by atoms with Gasteiger partial charge in [0.15, 0.2) is 0 Å². The molecule has 0 spiro atoms. The molecule has 2 heterocycles. The number of rotatable bonds is 7. The van der Waals surface area contributed by atoms with Gasteiger partial charge in [-0.3, -0.25) is 14.6 Å². The van der Waals surface area contributed by atoms with Gasteiger partial charge in [-0.15, -0.1) is 0 Å². The van der Waals surface area contributed by atoms with Crippen LogP contribution in [0.15, 0.2) is 42.5 Å². The first-order valence-corrected chi connectivity index (χ1v) is 12.9. The number of nitrogens with zero attached hydrogens (tertiary/aromatic N) is 2. The Bertz CT molecular complexity index is 1110. The molecule has 192 valence electrons. The number of aromatic hydroxyl groups is 1. The number of ether oxygens (including phenoxy) is 1. The Morgan fingerprint density at radius 3 is 2.42 bits per heavy atom. The second-order valence-corrected chi connectivity index (χ2v) is 10.4. The first-order valence-electron chi connectivity index (χ1n) is 12.9. The Kier molecular flexibility index (Phi) is 6.88. The number of imide groups is 1. The fourth-order valence-corrected chi connectivity index (χ4v) is 6.21. The first-order chi connectivity index (χ1) is 17.4. The summed E-state index contributed by atoms with van der Waals surface area (Å²) >= 11 is 0. The molecule has 8 heteroatoms. The molecule has 1 unspecified atom stereocenters. The summed E-state index contributed by atoms with van der Waals surface area (Å²) in [4.78, 5) is 30.9. The van der Waals surface area contributed by atoms with Crippen LogP contribution in [0.3, 0.4) is 0 Å². The summed E-state index contributed by atoms with van der Waals surface area (Å²) < 4.78 is 18.9. The van der Waals surface area contributed by atoms with Crippen molar-refractivity contribution >= 4 is 11.9 Å². The van der Waals surface area contributed by atoms with Gasteiger partial charge in [-0.2, -0.15) is 0 Å². The van der Waals surface area contributed by atoms with E-state index >= 15 is 0 Å². The summed E-state index contributed by atoms with van der Waals surface area (Å²) in [6.07, 6.45) is 5.59. The number of urea groups is 1. The lowest BCUT2D eigenvalue weighted by atomic mass is 9.73. The van der Waals surface area contributed by atoms with Crippen LogP contribution < -0.4 is 10.1 Å². The number of likely N-dealkylation sites (tertiary alicyclic amines) is 1. The molecule has 3 aliphatic rings. The number of phenolic OH excluding ortho intramolecular Hbond substituents is 1. The maximum atomic E-state index is 14.0. The van der Waals surface area contributed by atoms with E-state index in [9.17, 15) is 19.1 Å². The zero-order valence-electron chi connectivity index (χ0n) is 20.7. The Hall–Kier alpha value is -3.13. The minimum Gasteiger partial charge on any atom is -0.508 e. The highest BCUT2D eigenvalue weighted by molar-refractivity contribution is 6.07. The molecule has 2 saturated heterocycles. The number of hydrogen-bond acceptors (Lipinski definition) is 5. The summed E-state index contributed by atoms with van der Waals surface area (Å²) in [6.45, 7) is 2.05. The van der Waals surface area contributed by atoms with Crippen molar-refractivity contribution in [2.75, 3.05) is 20.2 Å². The maximum absolute atomic E-state index is 14.0. The first kappa shape index (κ1) is 24.6. The van der Waals surface area contributed by atoms with E-state index in [1.54, 1.807) is 31.4 Å². The highest BCUT2D eigenvalue weighted by Crippen LogP contribution is 2.39. The molecule has 1 atom stereocenters. The molecule has 0 aromatic heterocycles. The van der Waals surface area contributed by atoms with Crippen LogP contribution in [-0.2, 0) is 17.8 Å². The third-order valence-corrected chi connectivity index (χ3v) is 8.20. The molecule has 3 fully saturated rings. The smallest absolute Gasteiger partial charge is 0.325 e. The number of piperidine rings is 1. The molecular formula is C28H34FN3O4. The summed E-state index contributed by atoms with van der Waals surface area (Å²) in [5, 5.41) is 13.4. The van der Waals surface area contributed by atoms with Gasteiger partial charge in [-0.05, 0) is 80.6 Å². The SMILES string of the molecule is COc1ccc(O)c(CN2CCC(C3(Cc4ccc(F)cc4)NC(=O)N(C4CCCC4)C3=O)CC2)c1. The van der Waals surface area contributed by atoms with Crippen molar-refractivity contribution in [2.24, 2.45) is 5.92 Å². The number of carbonyl (C=O) groups excluding carboxylic acids is 2. The molecule has 2 aromatic carbocycles. The average Bonchev–Trinajstić information content (AvgIpc) is 3.49. The van der Waals surface area contributed by atoms with Gasteiger partial charge in [-0.1, -0.05) is 25.0 Å². The van der Waals surface area contributed by atoms with Gasteiger partial charge >= 0.3 is 6.03 Å². The summed E-state index contributed by atoms with van der Waals surface area (Å²) in [5.41, 5.74) is 0.607. The van der Waals surface area contributed by atoms with Gasteiger partial charge in [0, 0.05) is 24.6 Å². The summed E-state index contributed by atoms with van der Waals surface area (Å²) in [5.74, 6) is 0.433. The number of amides is 3. The monoisotopic (exact) mass is 495 g/mol. The number of nitrogens with one attached hydrogen (secondary N) is 1. The number of methoxy groups -OCH3 is 1. The van der Waals surface area contributed by atoms with Crippen LogP contribution in [0.4, 0.5) is 9.18 Å². The summed E-state index contributed by atoms with van der Waals surface area (Å²) in [7, 11) is 1.60. The third-order valence-electron chi connectivity index (χ3n) is 8.20. The van der Waals surface area contributed by atoms with Crippen molar-refractivity contribution in [3.63, 3.8) is 0 Å². The van der Waals surface area contributed by atoms with Crippen LogP contribution in [0.25, 0.3) is 0 Å². The van der Waals surface area contributed by atoms with E-state index in [2.05, 4.69) is 10.2 Å². The zero-order chi connectivity index (χ0) is 25.3. The van der Waals surface area contributed by atoms with Crippen LogP contribution >= 0.6 is 0 Å². The lowest BCUT2D eigenvalue weighted by Gasteiger charge is -2.41. The fourth-order valence-electron chi connectivity index (χ4n) is 6.21. The Labute approximate surface area is 211 Å². The largest absolute Gasteiger partial charge is 0.508 e. The number of hydrogen-bond donors (Lipinski definition) is 2. The van der Waals surface area contributed by atoms with Crippen molar-refractivity contribution in [3.8, 4) is 11.5 Å². The van der Waals surface area contributed by atoms with Gasteiger partial charge in [-0.25, -0.2) is 9.18 Å². The van der Waals surface area contributed by atoms with Crippen LogP contribution in [0.1, 0.15) is 49.7 Å². The van der Waals surface area contributed by atoms with Gasteiger partial charge in [0.05, 0.1) is 7.11 Å². The van der Waals surface area contributed by atoms with Crippen molar-refractivity contribution in [1.82, 2.24) is 15.1 Å². The molecule has 5 rings (SSSR count). The Balaban J connectivity index is 1.36. The third kappa shape index (κ3) is 4.66.